The molecule has 4 rings (SSSR count). The molecule has 9 heteroatoms. The molecule has 8 nitrogen and oxygen atoms in total. The van der Waals surface area contributed by atoms with E-state index in [4.69, 9.17) is 0 Å². The second kappa shape index (κ2) is 7.66. The molecule has 3 N–H and O–H groups in total. The summed E-state index contributed by atoms with van der Waals surface area (Å²) < 4.78 is 23.7. The molecule has 3 aromatic rings. The summed E-state index contributed by atoms with van der Waals surface area (Å²) in [6.45, 7) is 0. The van der Waals surface area contributed by atoms with E-state index >= 15 is 0 Å². The number of aliphatic hydroxyl groups excluding tert-OH is 1. The molecule has 2 heterocycles. The third-order valence-electron chi connectivity index (χ3n) is 5.29. The van der Waals surface area contributed by atoms with E-state index in [1.807, 2.05) is 0 Å². The molecule has 0 aliphatic heterocycles. The van der Waals surface area contributed by atoms with E-state index in [2.05, 4.69) is 20.5 Å². The number of hydrogen-bond donors (Lipinski definition) is 3. The number of benzene rings is 1. The first-order valence-corrected chi connectivity index (χ1v) is 13.4. The van der Waals surface area contributed by atoms with Crippen LogP contribution in [0, 0.1) is 0 Å². The van der Waals surface area contributed by atoms with Crippen LogP contribution in [0.3, 0.4) is 0 Å². The van der Waals surface area contributed by atoms with Crippen molar-refractivity contribution in [2.45, 2.75) is 43.7 Å². The maximum absolute atomic E-state index is 11.8. The summed E-state index contributed by atoms with van der Waals surface area (Å²) in [4.78, 5) is 4.18. The van der Waals surface area contributed by atoms with Crippen molar-refractivity contribution in [3.8, 4) is 17.0 Å². The molecule has 2 aromatic heterocycles. The number of nitrogens with one attached hydrogen (secondary N) is 1. The van der Waals surface area contributed by atoms with Crippen LogP contribution in [-0.4, -0.2) is 50.2 Å². The summed E-state index contributed by atoms with van der Waals surface area (Å²) >= 11 is -4.21. The van der Waals surface area contributed by atoms with Gasteiger partial charge in [-0.25, -0.2) is 0 Å². The van der Waals surface area contributed by atoms with Gasteiger partial charge in [0, 0.05) is 0 Å². The molecule has 1 fully saturated rings. The number of anilines is 1. The minimum absolute atomic E-state index is 0.0997. The zero-order valence-electron chi connectivity index (χ0n) is 15.9. The van der Waals surface area contributed by atoms with Crippen molar-refractivity contribution in [2.75, 3.05) is 5.32 Å². The number of aliphatic hydroxyl groups is 1. The fourth-order valence-electron chi connectivity index (χ4n) is 3.70. The van der Waals surface area contributed by atoms with E-state index in [1.165, 1.54) is 18.2 Å². The van der Waals surface area contributed by atoms with Crippen LogP contribution in [0.5, 0.6) is 5.75 Å². The van der Waals surface area contributed by atoms with Gasteiger partial charge in [0.2, 0.25) is 0 Å². The van der Waals surface area contributed by atoms with Gasteiger partial charge in [-0.05, 0) is 0 Å². The monoisotopic (exact) mass is 462 g/mol. The van der Waals surface area contributed by atoms with Crippen LogP contribution in [0.1, 0.15) is 25.7 Å². The van der Waals surface area contributed by atoms with Crippen molar-refractivity contribution >= 4 is 33.8 Å². The van der Waals surface area contributed by atoms with Crippen molar-refractivity contribution in [3.63, 3.8) is 0 Å². The van der Waals surface area contributed by atoms with Crippen molar-refractivity contribution in [2.24, 2.45) is 0 Å². The van der Waals surface area contributed by atoms with Gasteiger partial charge in [-0.1, -0.05) is 6.42 Å². The van der Waals surface area contributed by atoms with Crippen molar-refractivity contribution in [1.29, 1.82) is 0 Å². The Hall–Kier alpha value is -2.61. The molecule has 1 aliphatic rings. The number of rotatable bonds is 4. The molecule has 0 amide bonds. The molecule has 1 aliphatic carbocycles. The van der Waals surface area contributed by atoms with E-state index < -0.39 is 18.8 Å². The third kappa shape index (κ3) is 3.94. The second-order valence-corrected chi connectivity index (χ2v) is 11.6. The Morgan fingerprint density at radius 2 is 1.90 bits per heavy atom. The number of aromatic hydroxyl groups is 1. The first-order valence-electron chi connectivity index (χ1n) is 9.43. The van der Waals surface area contributed by atoms with Crippen molar-refractivity contribution in [1.82, 2.24) is 15.2 Å². The fourth-order valence-corrected chi connectivity index (χ4v) is 5.05. The van der Waals surface area contributed by atoms with Gasteiger partial charge in [0.05, 0.1) is 0 Å². The fraction of sp³-hybridized carbons (Fsp3) is 0.350. The van der Waals surface area contributed by atoms with E-state index in [1.54, 1.807) is 18.5 Å². The Morgan fingerprint density at radius 3 is 2.62 bits per heavy atom. The van der Waals surface area contributed by atoms with Gasteiger partial charge in [0.15, 0.2) is 0 Å². The van der Waals surface area contributed by atoms with Crippen LogP contribution < -0.4 is 9.78 Å². The Balaban J connectivity index is 1.78. The van der Waals surface area contributed by atoms with Gasteiger partial charge in [0.25, 0.3) is 0 Å². The summed E-state index contributed by atoms with van der Waals surface area (Å²) in [5.74, 6) is 1.51. The average Bonchev–Trinajstić information content (AvgIpc) is 2.69. The van der Waals surface area contributed by atoms with Crippen LogP contribution in [0.2, 0.25) is 5.82 Å². The van der Waals surface area contributed by atoms with Gasteiger partial charge in [-0.15, -0.1) is 0 Å². The standard InChI is InChI=1S/C20H22N4O4Se/c1-29(27,28)12-6-7-14(18(26)10-12)19-13-8-9-21-11-15(13)20(24-23-19)22-16-4-2-3-5-17(16)25/h6-11,16-17,25-26H,2-5H2,1H3,(H,22,24)/t16-,17-/m1/s1. The zero-order valence-corrected chi connectivity index (χ0v) is 17.6. The number of phenolic OH excluding ortho intramolecular Hbond substituents is 1. The molecule has 0 unspecified atom stereocenters. The van der Waals surface area contributed by atoms with Crippen LogP contribution in [0.4, 0.5) is 5.82 Å². The average molecular weight is 461 g/mol. The molecule has 0 radical (unpaired) electrons. The van der Waals surface area contributed by atoms with Gasteiger partial charge in [-0.2, -0.15) is 0 Å². The summed E-state index contributed by atoms with van der Waals surface area (Å²) in [6.07, 6.45) is 6.50. The third-order valence-corrected chi connectivity index (χ3v) is 7.61. The minimum atomic E-state index is -4.21. The SMILES string of the molecule is C[Se](=O)(=O)c1ccc(-c2nnc(N[C@@H]3CCCC[C@H]3O)c3cnccc23)c(O)c1. The molecule has 1 aromatic carbocycles. The molecule has 2 atom stereocenters. The number of aromatic nitrogens is 3. The summed E-state index contributed by atoms with van der Waals surface area (Å²) in [5, 5.41) is 34.0. The molecular weight excluding hydrogens is 439 g/mol. The van der Waals surface area contributed by atoms with Crippen molar-refractivity contribution < 1.29 is 17.9 Å². The Kier molecular flexibility index (Phi) is 5.21. The van der Waals surface area contributed by atoms with Gasteiger partial charge in [0.1, 0.15) is 0 Å². The molecule has 1 saturated carbocycles. The first kappa shape index (κ1) is 19.7. The quantitative estimate of drug-likeness (QED) is 0.506. The van der Waals surface area contributed by atoms with Crippen molar-refractivity contribution in [3.05, 3.63) is 36.7 Å². The van der Waals surface area contributed by atoms with E-state index in [0.29, 0.717) is 22.5 Å². The maximum atomic E-state index is 11.8. The topological polar surface area (TPSA) is 125 Å². The molecule has 0 bridgehead atoms. The number of fused-ring (bicyclic) bond motifs is 1. The van der Waals surface area contributed by atoms with E-state index in [0.717, 1.165) is 36.9 Å². The van der Waals surface area contributed by atoms with Crippen LogP contribution in [0.25, 0.3) is 22.0 Å². The molecule has 152 valence electrons. The van der Waals surface area contributed by atoms with Crippen LogP contribution >= 0.6 is 0 Å². The van der Waals surface area contributed by atoms with Crippen LogP contribution in [-0.2, 0) is 7.67 Å². The number of pyridine rings is 1. The molecule has 29 heavy (non-hydrogen) atoms. The second-order valence-electron chi connectivity index (χ2n) is 7.37. The summed E-state index contributed by atoms with van der Waals surface area (Å²) in [6, 6.07) is 5.93. The Labute approximate surface area is 169 Å². The molecule has 0 spiro atoms. The van der Waals surface area contributed by atoms with E-state index in [-0.39, 0.29) is 16.3 Å². The summed E-state index contributed by atoms with van der Waals surface area (Å²) in [5.41, 5.74) is 0.825. The van der Waals surface area contributed by atoms with Gasteiger partial charge >= 0.3 is 163 Å². The Bertz CT molecular complexity index is 1170. The van der Waals surface area contributed by atoms with Gasteiger partial charge < -0.3 is 0 Å². The Morgan fingerprint density at radius 1 is 1.10 bits per heavy atom. The van der Waals surface area contributed by atoms with Crippen LogP contribution in [0.15, 0.2) is 36.7 Å². The summed E-state index contributed by atoms with van der Waals surface area (Å²) in [7, 11) is 0. The number of nitrogens with zero attached hydrogens (tertiary/aromatic N) is 3. The van der Waals surface area contributed by atoms with Gasteiger partial charge in [-0.3, -0.25) is 0 Å². The first-order chi connectivity index (χ1) is 13.8. The van der Waals surface area contributed by atoms with E-state index in [9.17, 15) is 17.9 Å². The normalized spacial score (nSPS) is 19.9. The number of hydrogen-bond acceptors (Lipinski definition) is 8. The molecular formula is C20H22N4O4Se. The predicted molar refractivity (Wildman–Crippen MR) is 109 cm³/mol. The zero-order chi connectivity index (χ0) is 20.6. The molecule has 0 saturated heterocycles. The number of phenols is 1. The predicted octanol–water partition coefficient (Wildman–Crippen LogP) is 2.25.